The van der Waals surface area contributed by atoms with Gasteiger partial charge in [0.25, 0.3) is 0 Å². The summed E-state index contributed by atoms with van der Waals surface area (Å²) >= 11 is -2.46. The van der Waals surface area contributed by atoms with Crippen molar-refractivity contribution in [3.63, 3.8) is 0 Å². The number of carbonyl (C=O) groups is 1. The molecule has 134 valence electrons. The molecule has 1 amide bonds. The number of unbranched alkanes of at least 4 members (excludes halogenated alkanes) is 3. The Labute approximate surface area is 151 Å². The first kappa shape index (κ1) is 19.7. The number of amides is 1. The summed E-state index contributed by atoms with van der Waals surface area (Å²) in [6.07, 6.45) is 8.79. The van der Waals surface area contributed by atoms with Crippen LogP contribution >= 0.6 is 0 Å². The molecule has 0 saturated heterocycles. The van der Waals surface area contributed by atoms with Crippen molar-refractivity contribution in [1.82, 2.24) is 10.3 Å². The zero-order valence-corrected chi connectivity index (χ0v) is 18.6. The van der Waals surface area contributed by atoms with Crippen LogP contribution in [0.25, 0.3) is 0 Å². The predicted octanol–water partition coefficient (Wildman–Crippen LogP) is 4.42. The summed E-state index contributed by atoms with van der Waals surface area (Å²) in [6, 6.07) is 4.31. The number of aromatic nitrogens is 1. The van der Waals surface area contributed by atoms with Crippen LogP contribution in [0.5, 0.6) is 0 Å². The number of nitrogens with one attached hydrogen (secondary N) is 1. The second-order valence-electron chi connectivity index (χ2n) is 7.29. The third-order valence-electron chi connectivity index (χ3n) is 5.44. The molecule has 2 heterocycles. The fourth-order valence-electron chi connectivity index (χ4n) is 3.89. The van der Waals surface area contributed by atoms with Crippen LogP contribution in [0, 0.1) is 0 Å². The average Bonchev–Trinajstić information content (AvgIpc) is 2.61. The van der Waals surface area contributed by atoms with Crippen LogP contribution in [-0.4, -0.2) is 35.8 Å². The summed E-state index contributed by atoms with van der Waals surface area (Å²) in [5.74, 6) is 0.0618. The van der Waals surface area contributed by atoms with E-state index in [1.165, 1.54) is 55.5 Å². The first-order valence-electron chi connectivity index (χ1n) is 9.95. The van der Waals surface area contributed by atoms with Crippen molar-refractivity contribution < 1.29 is 4.79 Å². The van der Waals surface area contributed by atoms with Crippen LogP contribution in [0.4, 0.5) is 0 Å². The molecule has 0 aliphatic carbocycles. The van der Waals surface area contributed by atoms with Gasteiger partial charge in [0.2, 0.25) is 0 Å². The minimum atomic E-state index is -2.46. The summed E-state index contributed by atoms with van der Waals surface area (Å²) in [7, 11) is 0. The summed E-state index contributed by atoms with van der Waals surface area (Å²) in [6.45, 7) is 7.66. The number of hydrogen-bond donors (Lipinski definition) is 1. The summed E-state index contributed by atoms with van der Waals surface area (Å²) in [4.78, 5) is 17.2. The van der Waals surface area contributed by atoms with Crippen molar-refractivity contribution in [1.29, 1.82) is 0 Å². The monoisotopic (exact) mass is 438 g/mol. The average molecular weight is 437 g/mol. The molecule has 0 saturated carbocycles. The zero-order chi connectivity index (χ0) is 17.4. The molecule has 1 aliphatic heterocycles. The Balaban J connectivity index is 2.37. The molecule has 3 nitrogen and oxygen atoms in total. The van der Waals surface area contributed by atoms with Gasteiger partial charge >= 0.3 is 152 Å². The van der Waals surface area contributed by atoms with Gasteiger partial charge in [-0.15, -0.1) is 0 Å². The molecule has 1 aromatic heterocycles. The molecule has 0 aromatic carbocycles. The molecule has 0 spiro atoms. The van der Waals surface area contributed by atoms with Crippen molar-refractivity contribution >= 4 is 28.0 Å². The van der Waals surface area contributed by atoms with Gasteiger partial charge in [0.05, 0.1) is 0 Å². The third kappa shape index (κ3) is 4.74. The zero-order valence-electron chi connectivity index (χ0n) is 15.8. The van der Waals surface area contributed by atoms with E-state index in [1.54, 1.807) is 0 Å². The van der Waals surface area contributed by atoms with Crippen molar-refractivity contribution in [2.24, 2.45) is 0 Å². The van der Waals surface area contributed by atoms with Gasteiger partial charge in [-0.05, 0) is 0 Å². The third-order valence-corrected chi connectivity index (χ3v) is 20.6. The molecular weight excluding hydrogens is 403 g/mol. The van der Waals surface area contributed by atoms with Crippen LogP contribution in [-0.2, 0) is 6.42 Å². The number of carbonyl (C=O) groups excluding carboxylic acids is 1. The molecule has 0 atom stereocenters. The normalized spacial score (nSPS) is 14.4. The number of nitrogens with zero attached hydrogens (tertiary/aromatic N) is 1. The topological polar surface area (TPSA) is 42.0 Å². The van der Waals surface area contributed by atoms with Gasteiger partial charge in [-0.25, -0.2) is 0 Å². The Morgan fingerprint density at radius 3 is 2.12 bits per heavy atom. The first-order chi connectivity index (χ1) is 11.7. The van der Waals surface area contributed by atoms with Crippen LogP contribution in [0.2, 0.25) is 13.3 Å². The SMILES string of the molecule is CCC[CH2][Sn]([CH2]CCC)([CH2]CCC)[c]1ccc2c(n1)CCNC2=O. The number of hydrogen-bond acceptors (Lipinski definition) is 2. The molecular formula is C20H34N2OSn. The van der Waals surface area contributed by atoms with Gasteiger partial charge in [0.15, 0.2) is 0 Å². The van der Waals surface area contributed by atoms with Crippen LogP contribution in [0.1, 0.15) is 75.3 Å². The van der Waals surface area contributed by atoms with E-state index in [0.717, 1.165) is 24.2 Å². The molecule has 0 bridgehead atoms. The molecule has 4 heteroatoms. The maximum absolute atomic E-state index is 12.0. The van der Waals surface area contributed by atoms with Gasteiger partial charge in [-0.1, -0.05) is 0 Å². The standard InChI is InChI=1S/C8H7N2O.3C4H9.Sn/c11-8-6-2-1-4-9-7(6)3-5-10-8;3*1-3-4-2;/h1-2H,3,5H2,(H,10,11);3*1,3-4H2,2H3;. The van der Waals surface area contributed by atoms with E-state index in [1.807, 2.05) is 0 Å². The van der Waals surface area contributed by atoms with Gasteiger partial charge in [-0.3, -0.25) is 0 Å². The molecule has 0 unspecified atom stereocenters. The van der Waals surface area contributed by atoms with Crippen LogP contribution < -0.4 is 9.03 Å². The number of fused-ring (bicyclic) bond motifs is 1. The second-order valence-corrected chi connectivity index (χ2v) is 20.3. The van der Waals surface area contributed by atoms with Gasteiger partial charge in [0.1, 0.15) is 0 Å². The van der Waals surface area contributed by atoms with Crippen molar-refractivity contribution in [3.05, 3.63) is 23.4 Å². The van der Waals surface area contributed by atoms with Gasteiger partial charge in [0, 0.05) is 0 Å². The van der Waals surface area contributed by atoms with E-state index in [2.05, 4.69) is 38.2 Å². The summed E-state index contributed by atoms with van der Waals surface area (Å²) in [5, 5.41) is 2.94. The molecule has 24 heavy (non-hydrogen) atoms. The Morgan fingerprint density at radius 2 is 1.58 bits per heavy atom. The van der Waals surface area contributed by atoms with E-state index in [9.17, 15) is 4.79 Å². The Hall–Kier alpha value is -0.581. The number of rotatable bonds is 10. The first-order valence-corrected chi connectivity index (χ1v) is 17.4. The van der Waals surface area contributed by atoms with E-state index in [0.29, 0.717) is 0 Å². The van der Waals surface area contributed by atoms with E-state index in [-0.39, 0.29) is 5.91 Å². The molecule has 0 fully saturated rings. The van der Waals surface area contributed by atoms with Crippen LogP contribution in [0.3, 0.4) is 0 Å². The number of pyridine rings is 1. The fraction of sp³-hybridized carbons (Fsp3) is 0.700. The van der Waals surface area contributed by atoms with Crippen molar-refractivity contribution in [2.45, 2.75) is 79.0 Å². The van der Waals surface area contributed by atoms with Crippen molar-refractivity contribution in [2.75, 3.05) is 6.54 Å². The quantitative estimate of drug-likeness (QED) is 0.551. The minimum absolute atomic E-state index is 0.0618. The van der Waals surface area contributed by atoms with E-state index in [4.69, 9.17) is 4.98 Å². The molecule has 1 aromatic rings. The maximum atomic E-state index is 12.0. The molecule has 1 aliphatic rings. The predicted molar refractivity (Wildman–Crippen MR) is 105 cm³/mol. The van der Waals surface area contributed by atoms with Gasteiger partial charge in [-0.2, -0.15) is 0 Å². The van der Waals surface area contributed by atoms with E-state index < -0.39 is 18.4 Å². The van der Waals surface area contributed by atoms with Crippen molar-refractivity contribution in [3.8, 4) is 0 Å². The Morgan fingerprint density at radius 1 is 1.00 bits per heavy atom. The molecule has 0 radical (unpaired) electrons. The fourth-order valence-corrected chi connectivity index (χ4v) is 19.4. The summed E-state index contributed by atoms with van der Waals surface area (Å²) < 4.78 is 5.75. The van der Waals surface area contributed by atoms with Gasteiger partial charge < -0.3 is 0 Å². The second kappa shape index (κ2) is 9.79. The Bertz CT molecular complexity index is 523. The Kier molecular flexibility index (Phi) is 8.05. The van der Waals surface area contributed by atoms with Crippen LogP contribution in [0.15, 0.2) is 12.1 Å². The molecule has 2 rings (SSSR count). The molecule has 1 N–H and O–H groups in total. The van der Waals surface area contributed by atoms with E-state index >= 15 is 0 Å². The summed E-state index contributed by atoms with van der Waals surface area (Å²) in [5.41, 5.74) is 1.87.